The Balaban J connectivity index is 2.39. The highest BCUT2D eigenvalue weighted by Gasteiger charge is 2.50. The SMILES string of the molecule is CCC1(CC)C(=O)NC2=CC(Br)=CCC21. The molecule has 1 aliphatic heterocycles. The van der Waals surface area contributed by atoms with Crippen LogP contribution in [0.25, 0.3) is 0 Å². The van der Waals surface area contributed by atoms with Crippen molar-refractivity contribution in [3.63, 3.8) is 0 Å². The Morgan fingerprint density at radius 1 is 1.53 bits per heavy atom. The van der Waals surface area contributed by atoms with Gasteiger partial charge < -0.3 is 5.32 Å². The average Bonchev–Trinajstić information content (AvgIpc) is 2.49. The van der Waals surface area contributed by atoms with Crippen molar-refractivity contribution in [2.45, 2.75) is 33.1 Å². The molecule has 0 radical (unpaired) electrons. The third kappa shape index (κ3) is 1.48. The normalized spacial score (nSPS) is 27.9. The molecule has 1 amide bonds. The first kappa shape index (κ1) is 10.9. The molecule has 3 heteroatoms. The van der Waals surface area contributed by atoms with Crippen LogP contribution in [0.3, 0.4) is 0 Å². The van der Waals surface area contributed by atoms with Gasteiger partial charge in [0.2, 0.25) is 5.91 Å². The van der Waals surface area contributed by atoms with Crippen molar-refractivity contribution in [1.82, 2.24) is 5.32 Å². The van der Waals surface area contributed by atoms with E-state index in [0.29, 0.717) is 5.92 Å². The van der Waals surface area contributed by atoms with Gasteiger partial charge in [0.25, 0.3) is 0 Å². The third-order valence-corrected chi connectivity index (χ3v) is 4.41. The van der Waals surface area contributed by atoms with Crippen LogP contribution in [0, 0.1) is 11.3 Å². The van der Waals surface area contributed by atoms with Crippen molar-refractivity contribution in [1.29, 1.82) is 0 Å². The number of allylic oxidation sites excluding steroid dienone is 4. The van der Waals surface area contributed by atoms with Crippen LogP contribution in [0.4, 0.5) is 0 Å². The first-order chi connectivity index (χ1) is 7.14. The van der Waals surface area contributed by atoms with E-state index in [2.05, 4.69) is 41.2 Å². The molecule has 0 aromatic heterocycles. The standard InChI is InChI=1S/C12H16BrNO/c1-3-12(4-2)9-6-5-8(13)7-10(9)14-11(12)15/h5,7,9H,3-4,6H2,1-2H3,(H,14,15). The average molecular weight is 270 g/mol. The summed E-state index contributed by atoms with van der Waals surface area (Å²) in [6.45, 7) is 4.22. The van der Waals surface area contributed by atoms with Gasteiger partial charge >= 0.3 is 0 Å². The zero-order chi connectivity index (χ0) is 11.1. The van der Waals surface area contributed by atoms with Crippen molar-refractivity contribution < 1.29 is 4.79 Å². The summed E-state index contributed by atoms with van der Waals surface area (Å²) in [5.41, 5.74) is 0.925. The maximum absolute atomic E-state index is 12.0. The fourth-order valence-corrected chi connectivity index (χ4v) is 3.22. The van der Waals surface area contributed by atoms with Gasteiger partial charge in [-0.3, -0.25) is 4.79 Å². The largest absolute Gasteiger partial charge is 0.329 e. The minimum Gasteiger partial charge on any atom is -0.329 e. The van der Waals surface area contributed by atoms with E-state index in [1.807, 2.05) is 6.08 Å². The number of amides is 1. The number of fused-ring (bicyclic) bond motifs is 1. The maximum atomic E-state index is 12.0. The van der Waals surface area contributed by atoms with Gasteiger partial charge in [-0.05, 0) is 25.3 Å². The lowest BCUT2D eigenvalue weighted by Crippen LogP contribution is -2.33. The van der Waals surface area contributed by atoms with Crippen LogP contribution in [0.15, 0.2) is 22.3 Å². The van der Waals surface area contributed by atoms with Gasteiger partial charge in [0, 0.05) is 16.1 Å². The number of hydrogen-bond donors (Lipinski definition) is 1. The van der Waals surface area contributed by atoms with Crippen molar-refractivity contribution in [2.75, 3.05) is 0 Å². The minimum atomic E-state index is -0.171. The number of hydrogen-bond acceptors (Lipinski definition) is 1. The molecule has 0 aromatic carbocycles. The van der Waals surface area contributed by atoms with Gasteiger partial charge in [0.1, 0.15) is 0 Å². The first-order valence-electron chi connectivity index (χ1n) is 5.52. The molecule has 1 atom stereocenters. The summed E-state index contributed by atoms with van der Waals surface area (Å²) in [4.78, 5) is 12.0. The summed E-state index contributed by atoms with van der Waals surface area (Å²) < 4.78 is 1.08. The van der Waals surface area contributed by atoms with Crippen molar-refractivity contribution >= 4 is 21.8 Å². The molecule has 1 heterocycles. The fourth-order valence-electron chi connectivity index (χ4n) is 2.79. The van der Waals surface area contributed by atoms with E-state index < -0.39 is 0 Å². The lowest BCUT2D eigenvalue weighted by molar-refractivity contribution is -0.129. The number of nitrogens with one attached hydrogen (secondary N) is 1. The summed E-state index contributed by atoms with van der Waals surface area (Å²) in [5, 5.41) is 3.03. The lowest BCUT2D eigenvalue weighted by Gasteiger charge is -2.30. The molecule has 15 heavy (non-hydrogen) atoms. The quantitative estimate of drug-likeness (QED) is 0.820. The lowest BCUT2D eigenvalue weighted by atomic mass is 9.70. The van der Waals surface area contributed by atoms with Crippen molar-refractivity contribution in [3.8, 4) is 0 Å². The summed E-state index contributed by atoms with van der Waals surface area (Å²) in [7, 11) is 0. The molecule has 1 N–H and O–H groups in total. The minimum absolute atomic E-state index is 0.171. The smallest absolute Gasteiger partial charge is 0.231 e. The molecular weight excluding hydrogens is 254 g/mol. The molecule has 2 aliphatic rings. The van der Waals surface area contributed by atoms with Crippen molar-refractivity contribution in [2.24, 2.45) is 11.3 Å². The van der Waals surface area contributed by atoms with Crippen molar-refractivity contribution in [3.05, 3.63) is 22.3 Å². The summed E-state index contributed by atoms with van der Waals surface area (Å²) in [6, 6.07) is 0. The predicted molar refractivity (Wildman–Crippen MR) is 64.4 cm³/mol. The second kappa shape index (κ2) is 3.78. The number of carbonyl (C=O) groups is 1. The zero-order valence-electron chi connectivity index (χ0n) is 9.14. The Hall–Kier alpha value is -0.570. The molecular formula is C12H16BrNO. The van der Waals surface area contributed by atoms with Crippen LogP contribution >= 0.6 is 15.9 Å². The van der Waals surface area contributed by atoms with E-state index >= 15 is 0 Å². The zero-order valence-corrected chi connectivity index (χ0v) is 10.7. The predicted octanol–water partition coefficient (Wildman–Crippen LogP) is 3.11. The van der Waals surface area contributed by atoms with Crippen LogP contribution in [0.5, 0.6) is 0 Å². The van der Waals surface area contributed by atoms with Crippen LogP contribution in [-0.4, -0.2) is 5.91 Å². The van der Waals surface area contributed by atoms with Gasteiger partial charge in [-0.25, -0.2) is 0 Å². The van der Waals surface area contributed by atoms with E-state index in [4.69, 9.17) is 0 Å². The van der Waals surface area contributed by atoms with E-state index in [1.54, 1.807) is 0 Å². The Morgan fingerprint density at radius 3 is 2.80 bits per heavy atom. The first-order valence-corrected chi connectivity index (χ1v) is 6.32. The highest BCUT2D eigenvalue weighted by molar-refractivity contribution is 9.11. The molecule has 0 spiro atoms. The topological polar surface area (TPSA) is 29.1 Å². The molecule has 0 saturated carbocycles. The van der Waals surface area contributed by atoms with E-state index in [1.165, 1.54) is 0 Å². The number of rotatable bonds is 2. The Kier molecular flexibility index (Phi) is 2.75. The van der Waals surface area contributed by atoms with Gasteiger partial charge in [0.15, 0.2) is 0 Å². The van der Waals surface area contributed by atoms with Gasteiger partial charge in [-0.15, -0.1) is 0 Å². The Bertz CT molecular complexity index is 353. The molecule has 1 saturated heterocycles. The fraction of sp³-hybridized carbons (Fsp3) is 0.583. The van der Waals surface area contributed by atoms with Crippen LogP contribution in [-0.2, 0) is 4.79 Å². The maximum Gasteiger partial charge on any atom is 0.231 e. The monoisotopic (exact) mass is 269 g/mol. The summed E-state index contributed by atoms with van der Waals surface area (Å²) in [6.07, 6.45) is 7.01. The molecule has 2 rings (SSSR count). The summed E-state index contributed by atoms with van der Waals surface area (Å²) in [5.74, 6) is 0.570. The second-order valence-corrected chi connectivity index (χ2v) is 5.21. The molecule has 0 bridgehead atoms. The van der Waals surface area contributed by atoms with E-state index in [9.17, 15) is 4.79 Å². The molecule has 2 nitrogen and oxygen atoms in total. The van der Waals surface area contributed by atoms with Crippen LogP contribution < -0.4 is 5.32 Å². The Labute approximate surface area is 98.9 Å². The molecule has 82 valence electrons. The third-order valence-electron chi connectivity index (χ3n) is 3.86. The van der Waals surface area contributed by atoms with Gasteiger partial charge in [-0.1, -0.05) is 35.9 Å². The van der Waals surface area contributed by atoms with E-state index in [-0.39, 0.29) is 11.3 Å². The molecule has 1 aliphatic carbocycles. The van der Waals surface area contributed by atoms with Crippen LogP contribution in [0.2, 0.25) is 0 Å². The molecule has 1 fully saturated rings. The summed E-state index contributed by atoms with van der Waals surface area (Å²) >= 11 is 3.46. The molecule has 0 aromatic rings. The second-order valence-electron chi connectivity index (χ2n) is 4.29. The Morgan fingerprint density at radius 2 is 2.20 bits per heavy atom. The van der Waals surface area contributed by atoms with Gasteiger partial charge in [-0.2, -0.15) is 0 Å². The number of halogens is 1. The highest BCUT2D eigenvalue weighted by atomic mass is 79.9. The molecule has 1 unspecified atom stereocenters. The number of carbonyl (C=O) groups excluding carboxylic acids is 1. The van der Waals surface area contributed by atoms with Gasteiger partial charge in [0.05, 0.1) is 5.41 Å². The van der Waals surface area contributed by atoms with E-state index in [0.717, 1.165) is 29.4 Å². The highest BCUT2D eigenvalue weighted by Crippen LogP contribution is 2.48. The van der Waals surface area contributed by atoms with Crippen LogP contribution in [0.1, 0.15) is 33.1 Å².